The number of ketones is 1. The smallest absolute Gasteiger partial charge is 0.308 e. The second kappa shape index (κ2) is 6.75. The number of carbonyl (C=O) groups excluding carboxylic acids is 2. The van der Waals surface area contributed by atoms with E-state index in [1.54, 1.807) is 17.0 Å². The van der Waals surface area contributed by atoms with Gasteiger partial charge in [-0.2, -0.15) is 0 Å². The van der Waals surface area contributed by atoms with Crippen LogP contribution in [0.25, 0.3) is 0 Å². The molecule has 0 bridgehead atoms. The van der Waals surface area contributed by atoms with Crippen molar-refractivity contribution in [3.05, 3.63) is 35.4 Å². The highest BCUT2D eigenvalue weighted by molar-refractivity contribution is 5.98. The molecule has 1 aliphatic carbocycles. The van der Waals surface area contributed by atoms with Gasteiger partial charge in [0.05, 0.1) is 5.92 Å². The van der Waals surface area contributed by atoms with E-state index in [1.165, 1.54) is 0 Å². The van der Waals surface area contributed by atoms with Crippen molar-refractivity contribution < 1.29 is 19.5 Å². The SMILES string of the molecule is Cc1ccc(C(=O)CCC(=O)N2C[C@H](C(=O)O)[C@@H](C3CC3)C2)cc1. The highest BCUT2D eigenvalue weighted by Gasteiger charge is 2.46. The Morgan fingerprint density at radius 3 is 2.33 bits per heavy atom. The fraction of sp³-hybridized carbons (Fsp3) is 0.526. The highest BCUT2D eigenvalue weighted by atomic mass is 16.4. The van der Waals surface area contributed by atoms with Crippen LogP contribution < -0.4 is 0 Å². The fourth-order valence-electron chi connectivity index (χ4n) is 3.56. The minimum absolute atomic E-state index is 0.0453. The molecule has 1 saturated carbocycles. The van der Waals surface area contributed by atoms with E-state index in [2.05, 4.69) is 0 Å². The minimum Gasteiger partial charge on any atom is -0.481 e. The maximum Gasteiger partial charge on any atom is 0.308 e. The molecule has 1 amide bonds. The van der Waals surface area contributed by atoms with Crippen LogP contribution in [0.15, 0.2) is 24.3 Å². The molecule has 1 aromatic rings. The molecular formula is C19H23NO4. The lowest BCUT2D eigenvalue weighted by molar-refractivity contribution is -0.142. The third-order valence-electron chi connectivity index (χ3n) is 5.20. The van der Waals surface area contributed by atoms with Crippen molar-refractivity contribution in [3.8, 4) is 0 Å². The zero-order valence-corrected chi connectivity index (χ0v) is 13.9. The van der Waals surface area contributed by atoms with E-state index in [4.69, 9.17) is 0 Å². The van der Waals surface area contributed by atoms with Gasteiger partial charge < -0.3 is 10.0 Å². The van der Waals surface area contributed by atoms with Gasteiger partial charge in [0.25, 0.3) is 0 Å². The predicted molar refractivity (Wildman–Crippen MR) is 88.7 cm³/mol. The predicted octanol–water partition coefficient (Wildman–Crippen LogP) is 2.53. The topological polar surface area (TPSA) is 74.7 Å². The molecule has 1 heterocycles. The summed E-state index contributed by atoms with van der Waals surface area (Å²) in [6, 6.07) is 7.32. The molecule has 2 fully saturated rings. The summed E-state index contributed by atoms with van der Waals surface area (Å²) in [6.45, 7) is 2.77. The van der Waals surface area contributed by atoms with Crippen LogP contribution in [-0.4, -0.2) is 40.8 Å². The number of amides is 1. The van der Waals surface area contributed by atoms with E-state index in [0.717, 1.165) is 18.4 Å². The van der Waals surface area contributed by atoms with E-state index in [-0.39, 0.29) is 37.0 Å². The number of carbonyl (C=O) groups is 3. The summed E-state index contributed by atoms with van der Waals surface area (Å²) < 4.78 is 0. The summed E-state index contributed by atoms with van der Waals surface area (Å²) in [5, 5.41) is 9.36. The Morgan fingerprint density at radius 2 is 1.75 bits per heavy atom. The Kier molecular flexibility index (Phi) is 4.69. The molecule has 0 spiro atoms. The number of carboxylic acid groups (broad SMARTS) is 1. The third-order valence-corrected chi connectivity index (χ3v) is 5.20. The maximum absolute atomic E-state index is 12.4. The number of likely N-dealkylation sites (tertiary alicyclic amines) is 1. The molecule has 1 N–H and O–H groups in total. The van der Waals surface area contributed by atoms with Crippen molar-refractivity contribution >= 4 is 17.7 Å². The number of hydrogen-bond donors (Lipinski definition) is 1. The number of aliphatic carboxylic acids is 1. The first-order valence-corrected chi connectivity index (χ1v) is 8.56. The van der Waals surface area contributed by atoms with Crippen molar-refractivity contribution in [2.75, 3.05) is 13.1 Å². The number of nitrogens with zero attached hydrogens (tertiary/aromatic N) is 1. The lowest BCUT2D eigenvalue weighted by Crippen LogP contribution is -2.30. The summed E-state index contributed by atoms with van der Waals surface area (Å²) in [7, 11) is 0. The molecule has 5 heteroatoms. The van der Waals surface area contributed by atoms with E-state index in [1.807, 2.05) is 19.1 Å². The summed E-state index contributed by atoms with van der Waals surface area (Å²) in [6.07, 6.45) is 2.46. The second-order valence-corrected chi connectivity index (χ2v) is 7.03. The molecular weight excluding hydrogens is 306 g/mol. The van der Waals surface area contributed by atoms with Gasteiger partial charge in [-0.25, -0.2) is 0 Å². The number of Topliss-reactive ketones (excluding diaryl/α,β-unsaturated/α-hetero) is 1. The average Bonchev–Trinajstić information content (AvgIpc) is 3.30. The molecule has 0 radical (unpaired) electrons. The van der Waals surface area contributed by atoms with Gasteiger partial charge in [0, 0.05) is 31.5 Å². The number of benzene rings is 1. The van der Waals surface area contributed by atoms with Gasteiger partial charge in [-0.05, 0) is 31.6 Å². The number of rotatable bonds is 6. The average molecular weight is 329 g/mol. The Balaban J connectivity index is 1.54. The van der Waals surface area contributed by atoms with Gasteiger partial charge in [-0.1, -0.05) is 29.8 Å². The summed E-state index contributed by atoms with van der Waals surface area (Å²) in [5.74, 6) is -0.870. The molecule has 1 saturated heterocycles. The van der Waals surface area contributed by atoms with E-state index < -0.39 is 11.9 Å². The first-order valence-electron chi connectivity index (χ1n) is 8.56. The van der Waals surface area contributed by atoms with Gasteiger partial charge in [-0.3, -0.25) is 14.4 Å². The molecule has 24 heavy (non-hydrogen) atoms. The van der Waals surface area contributed by atoms with Gasteiger partial charge in [0.1, 0.15) is 0 Å². The number of hydrogen-bond acceptors (Lipinski definition) is 3. The molecule has 1 aromatic carbocycles. The van der Waals surface area contributed by atoms with Crippen LogP contribution >= 0.6 is 0 Å². The quantitative estimate of drug-likeness (QED) is 0.814. The largest absolute Gasteiger partial charge is 0.481 e. The first kappa shape index (κ1) is 16.7. The standard InChI is InChI=1S/C19H23NO4/c1-12-2-4-14(5-3-12)17(21)8-9-18(22)20-10-15(13-6-7-13)16(11-20)19(23)24/h2-5,13,15-16H,6-11H2,1H3,(H,23,24)/t15-,16+/m1/s1. The van der Waals surface area contributed by atoms with Gasteiger partial charge in [0.15, 0.2) is 5.78 Å². The monoisotopic (exact) mass is 329 g/mol. The van der Waals surface area contributed by atoms with Crippen LogP contribution in [0.5, 0.6) is 0 Å². The Labute approximate surface area is 141 Å². The molecule has 3 rings (SSSR count). The number of aryl methyl sites for hydroxylation is 1. The van der Waals surface area contributed by atoms with Crippen LogP contribution in [-0.2, 0) is 9.59 Å². The second-order valence-electron chi connectivity index (χ2n) is 7.03. The molecule has 0 unspecified atom stereocenters. The zero-order chi connectivity index (χ0) is 17.3. The Morgan fingerprint density at radius 1 is 1.08 bits per heavy atom. The minimum atomic E-state index is -0.807. The van der Waals surface area contributed by atoms with E-state index in [9.17, 15) is 19.5 Å². The maximum atomic E-state index is 12.4. The zero-order valence-electron chi connectivity index (χ0n) is 13.9. The van der Waals surface area contributed by atoms with Gasteiger partial charge in [-0.15, -0.1) is 0 Å². The van der Waals surface area contributed by atoms with Crippen molar-refractivity contribution in [1.82, 2.24) is 4.90 Å². The van der Waals surface area contributed by atoms with Crippen molar-refractivity contribution in [2.45, 2.75) is 32.6 Å². The van der Waals surface area contributed by atoms with Crippen molar-refractivity contribution in [1.29, 1.82) is 0 Å². The summed E-state index contributed by atoms with van der Waals surface area (Å²) in [5.41, 5.74) is 1.71. The molecule has 1 aliphatic heterocycles. The van der Waals surface area contributed by atoms with Crippen molar-refractivity contribution in [2.24, 2.45) is 17.8 Å². The molecule has 2 atom stereocenters. The normalized spacial score (nSPS) is 23.3. The molecule has 2 aliphatic rings. The van der Waals surface area contributed by atoms with Crippen LogP contribution in [0.3, 0.4) is 0 Å². The molecule has 128 valence electrons. The molecule has 0 aromatic heterocycles. The molecule has 5 nitrogen and oxygen atoms in total. The van der Waals surface area contributed by atoms with Gasteiger partial charge in [0.2, 0.25) is 5.91 Å². The van der Waals surface area contributed by atoms with Crippen LogP contribution in [0.4, 0.5) is 0 Å². The number of carboxylic acids is 1. The van der Waals surface area contributed by atoms with Crippen LogP contribution in [0.2, 0.25) is 0 Å². The van der Waals surface area contributed by atoms with Crippen LogP contribution in [0.1, 0.15) is 41.6 Å². The van der Waals surface area contributed by atoms with E-state index in [0.29, 0.717) is 18.0 Å². The van der Waals surface area contributed by atoms with Crippen LogP contribution in [0, 0.1) is 24.7 Å². The Bertz CT molecular complexity index is 648. The van der Waals surface area contributed by atoms with E-state index >= 15 is 0 Å². The highest BCUT2D eigenvalue weighted by Crippen LogP contribution is 2.44. The lowest BCUT2D eigenvalue weighted by Gasteiger charge is -2.16. The summed E-state index contributed by atoms with van der Waals surface area (Å²) >= 11 is 0. The summed E-state index contributed by atoms with van der Waals surface area (Å²) in [4.78, 5) is 37.6. The third kappa shape index (κ3) is 3.66. The Hall–Kier alpha value is -2.17. The van der Waals surface area contributed by atoms with Crippen molar-refractivity contribution in [3.63, 3.8) is 0 Å². The lowest BCUT2D eigenvalue weighted by atomic mass is 9.92. The fourth-order valence-corrected chi connectivity index (χ4v) is 3.56. The van der Waals surface area contributed by atoms with Gasteiger partial charge >= 0.3 is 5.97 Å². The first-order chi connectivity index (χ1) is 11.5.